The zero-order valence-electron chi connectivity index (χ0n) is 9.95. The van der Waals surface area contributed by atoms with Crippen LogP contribution in [0.5, 0.6) is 0 Å². The van der Waals surface area contributed by atoms with Gasteiger partial charge in [0.2, 0.25) is 0 Å². The van der Waals surface area contributed by atoms with Gasteiger partial charge in [-0.2, -0.15) is 0 Å². The van der Waals surface area contributed by atoms with Gasteiger partial charge in [-0.05, 0) is 25.2 Å². The van der Waals surface area contributed by atoms with Crippen molar-refractivity contribution in [1.29, 1.82) is 0 Å². The summed E-state index contributed by atoms with van der Waals surface area (Å²) in [5, 5.41) is 14.0. The summed E-state index contributed by atoms with van der Waals surface area (Å²) in [6.07, 6.45) is 6.46. The van der Waals surface area contributed by atoms with E-state index in [1.165, 1.54) is 18.9 Å². The maximum absolute atomic E-state index is 11.5. The molecule has 2 amide bonds. The number of carbonyl (C=O) groups is 2. The number of carboxylic acids is 1. The number of amides is 2. The molecule has 5 nitrogen and oxygen atoms in total. The molecule has 1 fully saturated rings. The van der Waals surface area contributed by atoms with Crippen LogP contribution < -0.4 is 10.6 Å². The van der Waals surface area contributed by atoms with E-state index in [-0.39, 0.29) is 6.42 Å². The molecule has 5 heteroatoms. The van der Waals surface area contributed by atoms with Crippen molar-refractivity contribution in [2.24, 2.45) is 5.92 Å². The third-order valence-corrected chi connectivity index (χ3v) is 3.03. The maximum atomic E-state index is 11.5. The number of hydrogen-bond donors (Lipinski definition) is 3. The van der Waals surface area contributed by atoms with Crippen molar-refractivity contribution in [3.63, 3.8) is 0 Å². The molecule has 0 aromatic carbocycles. The summed E-state index contributed by atoms with van der Waals surface area (Å²) in [5.41, 5.74) is 0. The van der Waals surface area contributed by atoms with Crippen LogP contribution >= 0.6 is 0 Å². The fourth-order valence-electron chi connectivity index (χ4n) is 2.05. The molecule has 0 spiro atoms. The van der Waals surface area contributed by atoms with E-state index in [2.05, 4.69) is 17.2 Å². The van der Waals surface area contributed by atoms with Gasteiger partial charge in [0.1, 0.15) is 6.04 Å². The molecular weight excluding hydrogens is 220 g/mol. The highest BCUT2D eigenvalue weighted by Gasteiger charge is 2.19. The van der Waals surface area contributed by atoms with Gasteiger partial charge < -0.3 is 15.7 Å². The summed E-state index contributed by atoms with van der Waals surface area (Å²) in [7, 11) is 0. The first-order chi connectivity index (χ1) is 8.13. The second kappa shape index (κ2) is 6.93. The number of carbonyl (C=O) groups excluding carboxylic acids is 1. The predicted octanol–water partition coefficient (Wildman–Crippen LogP) is 1.51. The zero-order chi connectivity index (χ0) is 12.7. The molecule has 0 heterocycles. The van der Waals surface area contributed by atoms with Crippen LogP contribution in [0.1, 0.15) is 32.1 Å². The van der Waals surface area contributed by atoms with E-state index in [0.29, 0.717) is 12.5 Å². The van der Waals surface area contributed by atoms with Crippen molar-refractivity contribution in [2.45, 2.75) is 38.1 Å². The molecule has 3 N–H and O–H groups in total. The van der Waals surface area contributed by atoms with Gasteiger partial charge in [0.25, 0.3) is 0 Å². The summed E-state index contributed by atoms with van der Waals surface area (Å²) in [5.74, 6) is -0.496. The molecule has 1 rings (SSSR count). The fourth-order valence-corrected chi connectivity index (χ4v) is 2.05. The molecule has 1 aliphatic rings. The van der Waals surface area contributed by atoms with Gasteiger partial charge >= 0.3 is 12.0 Å². The van der Waals surface area contributed by atoms with Crippen molar-refractivity contribution >= 4 is 12.0 Å². The van der Waals surface area contributed by atoms with E-state index in [0.717, 1.165) is 12.8 Å². The summed E-state index contributed by atoms with van der Waals surface area (Å²) >= 11 is 0. The molecule has 0 saturated heterocycles. The Labute approximate surface area is 101 Å². The number of nitrogens with one attached hydrogen (secondary N) is 2. The Bertz CT molecular complexity index is 285. The maximum Gasteiger partial charge on any atom is 0.326 e. The molecular formula is C12H20N2O3. The molecule has 17 heavy (non-hydrogen) atoms. The minimum atomic E-state index is -1.04. The average molecular weight is 240 g/mol. The Morgan fingerprint density at radius 3 is 2.59 bits per heavy atom. The predicted molar refractivity (Wildman–Crippen MR) is 64.7 cm³/mol. The highest BCUT2D eigenvalue weighted by atomic mass is 16.4. The summed E-state index contributed by atoms with van der Waals surface area (Å²) < 4.78 is 0. The van der Waals surface area contributed by atoms with Crippen LogP contribution in [0, 0.1) is 5.92 Å². The lowest BCUT2D eigenvalue weighted by Gasteiger charge is -2.15. The van der Waals surface area contributed by atoms with Crippen molar-refractivity contribution in [2.75, 3.05) is 6.54 Å². The van der Waals surface area contributed by atoms with Gasteiger partial charge in [-0.1, -0.05) is 18.9 Å². The van der Waals surface area contributed by atoms with Crippen LogP contribution in [-0.4, -0.2) is 29.7 Å². The Kier molecular flexibility index (Phi) is 5.52. The van der Waals surface area contributed by atoms with Crippen LogP contribution in [0.2, 0.25) is 0 Å². The molecule has 0 aromatic heterocycles. The lowest BCUT2D eigenvalue weighted by Crippen LogP contribution is -2.46. The normalized spacial score (nSPS) is 17.4. The largest absolute Gasteiger partial charge is 0.480 e. The van der Waals surface area contributed by atoms with E-state index < -0.39 is 18.0 Å². The third kappa shape index (κ3) is 4.89. The van der Waals surface area contributed by atoms with E-state index in [4.69, 9.17) is 5.11 Å². The first-order valence-corrected chi connectivity index (χ1v) is 6.01. The van der Waals surface area contributed by atoms with Crippen molar-refractivity contribution in [3.05, 3.63) is 12.7 Å². The number of rotatable bonds is 6. The summed E-state index contributed by atoms with van der Waals surface area (Å²) in [4.78, 5) is 22.3. The van der Waals surface area contributed by atoms with Gasteiger partial charge in [-0.25, -0.2) is 9.59 Å². The van der Waals surface area contributed by atoms with Crippen molar-refractivity contribution in [1.82, 2.24) is 10.6 Å². The topological polar surface area (TPSA) is 78.4 Å². The number of aliphatic carboxylic acids is 1. The van der Waals surface area contributed by atoms with Gasteiger partial charge in [0, 0.05) is 6.54 Å². The molecule has 96 valence electrons. The Morgan fingerprint density at radius 2 is 2.06 bits per heavy atom. The summed E-state index contributed by atoms with van der Waals surface area (Å²) in [6, 6.07) is -1.30. The molecule has 1 saturated carbocycles. The second-order valence-electron chi connectivity index (χ2n) is 4.42. The molecule has 0 aliphatic heterocycles. The minimum absolute atomic E-state index is 0.228. The van der Waals surface area contributed by atoms with Gasteiger partial charge in [0.15, 0.2) is 0 Å². The Morgan fingerprint density at radius 1 is 1.41 bits per heavy atom. The SMILES string of the molecule is C=CCC(NC(=O)NCC1CCCC1)C(=O)O. The molecule has 0 bridgehead atoms. The number of hydrogen-bond acceptors (Lipinski definition) is 2. The van der Waals surface area contributed by atoms with Gasteiger partial charge in [-0.15, -0.1) is 6.58 Å². The molecule has 1 atom stereocenters. The molecule has 1 unspecified atom stereocenters. The van der Waals surface area contributed by atoms with E-state index >= 15 is 0 Å². The minimum Gasteiger partial charge on any atom is -0.480 e. The first-order valence-electron chi connectivity index (χ1n) is 6.01. The van der Waals surface area contributed by atoms with Gasteiger partial charge in [0.05, 0.1) is 0 Å². The number of carboxylic acid groups (broad SMARTS) is 1. The standard InChI is InChI=1S/C12H20N2O3/c1-2-5-10(11(15)16)14-12(17)13-8-9-6-3-4-7-9/h2,9-10H,1,3-8H2,(H,15,16)(H2,13,14,17). The smallest absolute Gasteiger partial charge is 0.326 e. The average Bonchev–Trinajstić information content (AvgIpc) is 2.78. The summed E-state index contributed by atoms with van der Waals surface area (Å²) in [6.45, 7) is 4.10. The van der Waals surface area contributed by atoms with E-state index in [9.17, 15) is 9.59 Å². The highest BCUT2D eigenvalue weighted by Crippen LogP contribution is 2.23. The first kappa shape index (κ1) is 13.5. The van der Waals surface area contributed by atoms with Crippen molar-refractivity contribution in [3.8, 4) is 0 Å². The van der Waals surface area contributed by atoms with Gasteiger partial charge in [-0.3, -0.25) is 0 Å². The monoisotopic (exact) mass is 240 g/mol. The third-order valence-electron chi connectivity index (χ3n) is 3.03. The lowest BCUT2D eigenvalue weighted by atomic mass is 10.1. The van der Waals surface area contributed by atoms with E-state index in [1.54, 1.807) is 0 Å². The lowest BCUT2D eigenvalue weighted by molar-refractivity contribution is -0.139. The zero-order valence-corrected chi connectivity index (χ0v) is 9.95. The van der Waals surface area contributed by atoms with Crippen molar-refractivity contribution < 1.29 is 14.7 Å². The highest BCUT2D eigenvalue weighted by molar-refractivity contribution is 5.82. The van der Waals surface area contributed by atoms with Crippen LogP contribution in [-0.2, 0) is 4.79 Å². The quantitative estimate of drug-likeness (QED) is 0.616. The van der Waals surface area contributed by atoms with Crippen LogP contribution in [0.4, 0.5) is 4.79 Å². The molecule has 0 radical (unpaired) electrons. The fraction of sp³-hybridized carbons (Fsp3) is 0.667. The van der Waals surface area contributed by atoms with Crippen LogP contribution in [0.25, 0.3) is 0 Å². The van der Waals surface area contributed by atoms with E-state index in [1.807, 2.05) is 0 Å². The molecule has 1 aliphatic carbocycles. The van der Waals surface area contributed by atoms with Crippen LogP contribution in [0.15, 0.2) is 12.7 Å². The second-order valence-corrected chi connectivity index (χ2v) is 4.42. The Hall–Kier alpha value is -1.52. The van der Waals surface area contributed by atoms with Crippen LogP contribution in [0.3, 0.4) is 0 Å². The Balaban J connectivity index is 2.26. The number of urea groups is 1. The molecule has 0 aromatic rings.